The standard InChI is InChI=1S/C24H61O9PSi6/c1-35(2,3)26-19-20-21(29-36(4,5)6)22(30-37(7,8)9)23(31-38(10,11)12)24(27-20)28-34(25,32-39(13,14)15)33-40(16,17)18/h20-24H,19H2,1-18H3/t20-,21-,22+,23+,24-/m1/s1. The summed E-state index contributed by atoms with van der Waals surface area (Å²) < 4.78 is 66.5. The lowest BCUT2D eigenvalue weighted by molar-refractivity contribution is -0.268. The summed E-state index contributed by atoms with van der Waals surface area (Å²) >= 11 is 0. The van der Waals surface area contributed by atoms with Gasteiger partial charge in [0.2, 0.25) is 0 Å². The molecule has 0 N–H and O–H groups in total. The number of ether oxygens (including phenoxy) is 1. The van der Waals surface area contributed by atoms with E-state index in [4.69, 9.17) is 35.4 Å². The van der Waals surface area contributed by atoms with Crippen LogP contribution in [0.4, 0.5) is 0 Å². The van der Waals surface area contributed by atoms with Gasteiger partial charge in [-0.05, 0) is 118 Å². The van der Waals surface area contributed by atoms with E-state index in [1.165, 1.54) is 0 Å². The van der Waals surface area contributed by atoms with Crippen LogP contribution in [0, 0.1) is 0 Å². The molecule has 0 bridgehead atoms. The average molecular weight is 693 g/mol. The summed E-state index contributed by atoms with van der Waals surface area (Å²) in [6.07, 6.45) is -3.20. The largest absolute Gasteiger partial charge is 0.457 e. The zero-order valence-corrected chi connectivity index (χ0v) is 35.6. The SMILES string of the molecule is C[Si](C)(C)OC[C@H]1O[C@H](OP(=O)(O[Si](C)(C)C)O[Si](C)(C)C)[C@@H](O[Si](C)(C)C)[C@@H](O[Si](C)(C)C)[C@@H]1O[Si](C)(C)C. The molecule has 0 radical (unpaired) electrons. The molecule has 0 unspecified atom stereocenters. The van der Waals surface area contributed by atoms with Gasteiger partial charge in [-0.3, -0.25) is 4.52 Å². The third-order valence-corrected chi connectivity index (χ3v) is 15.4. The van der Waals surface area contributed by atoms with Crippen LogP contribution in [-0.4, -0.2) is 87.2 Å². The monoisotopic (exact) mass is 692 g/mol. The molecule has 1 aliphatic heterocycles. The Labute approximate surface area is 252 Å². The molecule has 0 aromatic heterocycles. The summed E-state index contributed by atoms with van der Waals surface area (Å²) in [5, 5.41) is 0. The Hall–Kier alpha value is 1.21. The van der Waals surface area contributed by atoms with Crippen LogP contribution < -0.4 is 0 Å². The predicted molar refractivity (Wildman–Crippen MR) is 180 cm³/mol. The minimum absolute atomic E-state index is 0.310. The lowest BCUT2D eigenvalue weighted by Crippen LogP contribution is -2.66. The van der Waals surface area contributed by atoms with Gasteiger partial charge in [0.15, 0.2) is 56.2 Å². The van der Waals surface area contributed by atoms with Crippen molar-refractivity contribution in [3.8, 4) is 0 Å². The highest BCUT2D eigenvalue weighted by atomic mass is 31.2. The van der Waals surface area contributed by atoms with E-state index in [0.29, 0.717) is 6.61 Å². The van der Waals surface area contributed by atoms with Crippen molar-refractivity contribution in [1.29, 1.82) is 0 Å². The first-order valence-electron chi connectivity index (χ1n) is 14.4. The van der Waals surface area contributed by atoms with Gasteiger partial charge >= 0.3 is 7.82 Å². The van der Waals surface area contributed by atoms with Gasteiger partial charge in [0, 0.05) is 0 Å². The fourth-order valence-electron chi connectivity index (χ4n) is 3.92. The van der Waals surface area contributed by atoms with Gasteiger partial charge in [-0.25, -0.2) is 4.57 Å². The van der Waals surface area contributed by atoms with Gasteiger partial charge in [0.1, 0.15) is 24.4 Å². The molecule has 0 aromatic rings. The second-order valence-corrected chi connectivity index (χ2v) is 45.4. The lowest BCUT2D eigenvalue weighted by atomic mass is 9.99. The second-order valence-electron chi connectivity index (χ2n) is 16.5. The maximum atomic E-state index is 14.3. The van der Waals surface area contributed by atoms with Gasteiger partial charge in [-0.2, -0.15) is 0 Å². The van der Waals surface area contributed by atoms with E-state index in [9.17, 15) is 4.57 Å². The molecule has 1 aliphatic rings. The maximum Gasteiger partial charge on any atom is 0.457 e. The minimum atomic E-state index is -4.02. The summed E-state index contributed by atoms with van der Waals surface area (Å²) in [6, 6.07) is 0. The molecule has 5 atom stereocenters. The molecule has 40 heavy (non-hydrogen) atoms. The Morgan fingerprint density at radius 3 is 1.25 bits per heavy atom. The molecule has 0 saturated carbocycles. The van der Waals surface area contributed by atoms with Crippen LogP contribution in [0.1, 0.15) is 0 Å². The first-order chi connectivity index (χ1) is 17.4. The van der Waals surface area contributed by atoms with Gasteiger partial charge in [-0.15, -0.1) is 0 Å². The second kappa shape index (κ2) is 13.7. The summed E-state index contributed by atoms with van der Waals surface area (Å²) in [7, 11) is -17.0. The third-order valence-electron chi connectivity index (χ3n) is 4.75. The van der Waals surface area contributed by atoms with E-state index >= 15 is 0 Å². The van der Waals surface area contributed by atoms with Crippen molar-refractivity contribution in [2.45, 2.75) is 149 Å². The van der Waals surface area contributed by atoms with E-state index in [-0.39, 0.29) is 0 Å². The van der Waals surface area contributed by atoms with Crippen molar-refractivity contribution in [2.24, 2.45) is 0 Å². The van der Waals surface area contributed by atoms with Gasteiger partial charge in [-0.1, -0.05) is 0 Å². The summed E-state index contributed by atoms with van der Waals surface area (Å²) in [5.74, 6) is 0. The fourth-order valence-corrected chi connectivity index (χ4v) is 14.4. The van der Waals surface area contributed by atoms with Crippen molar-refractivity contribution in [3.05, 3.63) is 0 Å². The van der Waals surface area contributed by atoms with Crippen LogP contribution in [0.5, 0.6) is 0 Å². The average Bonchev–Trinajstić information content (AvgIpc) is 2.58. The van der Waals surface area contributed by atoms with Crippen LogP contribution in [0.25, 0.3) is 0 Å². The third kappa shape index (κ3) is 16.3. The number of hydrogen-bond donors (Lipinski definition) is 0. The number of rotatable bonds is 15. The predicted octanol–water partition coefficient (Wildman–Crippen LogP) is 8.05. The van der Waals surface area contributed by atoms with E-state index in [1.54, 1.807) is 0 Å². The maximum absolute atomic E-state index is 14.3. The zero-order valence-electron chi connectivity index (χ0n) is 28.7. The molecular formula is C24H61O9PSi6. The highest BCUT2D eigenvalue weighted by Crippen LogP contribution is 2.56. The lowest BCUT2D eigenvalue weighted by Gasteiger charge is -2.51. The van der Waals surface area contributed by atoms with Crippen LogP contribution in [0.15, 0.2) is 0 Å². The number of hydrogen-bond acceptors (Lipinski definition) is 9. The van der Waals surface area contributed by atoms with Crippen molar-refractivity contribution in [2.75, 3.05) is 6.61 Å². The Bertz CT molecular complexity index is 834. The molecular weight excluding hydrogens is 632 g/mol. The van der Waals surface area contributed by atoms with Gasteiger partial charge < -0.3 is 30.9 Å². The van der Waals surface area contributed by atoms with Crippen LogP contribution in [-0.2, 0) is 40.0 Å². The molecule has 9 nitrogen and oxygen atoms in total. The Morgan fingerprint density at radius 2 is 0.900 bits per heavy atom. The summed E-state index contributed by atoms with van der Waals surface area (Å²) in [5.41, 5.74) is 0. The molecule has 0 spiro atoms. The molecule has 16 heteroatoms. The molecule has 0 aliphatic carbocycles. The van der Waals surface area contributed by atoms with Gasteiger partial charge in [0.05, 0.1) is 6.61 Å². The van der Waals surface area contributed by atoms with Crippen molar-refractivity contribution >= 4 is 57.7 Å². The van der Waals surface area contributed by atoms with Crippen LogP contribution in [0.3, 0.4) is 0 Å². The smallest absolute Gasteiger partial charge is 0.415 e. The van der Waals surface area contributed by atoms with Crippen LogP contribution in [0.2, 0.25) is 118 Å². The zero-order chi connectivity index (χ0) is 31.8. The Balaban J connectivity index is 3.77. The number of phosphoric acid groups is 1. The summed E-state index contributed by atoms with van der Waals surface area (Å²) in [4.78, 5) is 0. The molecule has 0 amide bonds. The van der Waals surface area contributed by atoms with Crippen LogP contribution >= 0.6 is 7.82 Å². The minimum Gasteiger partial charge on any atom is -0.415 e. The van der Waals surface area contributed by atoms with Crippen molar-refractivity contribution in [3.63, 3.8) is 0 Å². The van der Waals surface area contributed by atoms with E-state index in [1.807, 2.05) is 39.3 Å². The highest BCUT2D eigenvalue weighted by molar-refractivity contribution is 7.52. The quantitative estimate of drug-likeness (QED) is 0.125. The first-order valence-corrected chi connectivity index (χ1v) is 36.3. The molecule has 1 saturated heterocycles. The first kappa shape index (κ1) is 39.2. The fraction of sp³-hybridized carbons (Fsp3) is 1.00. The molecule has 1 rings (SSSR count). The van der Waals surface area contributed by atoms with Crippen molar-refractivity contribution in [1.82, 2.24) is 0 Å². The highest BCUT2D eigenvalue weighted by Gasteiger charge is 2.55. The van der Waals surface area contributed by atoms with E-state index in [2.05, 4.69) is 78.6 Å². The van der Waals surface area contributed by atoms with E-state index in [0.717, 1.165) is 0 Å². The van der Waals surface area contributed by atoms with Gasteiger partial charge in [0.25, 0.3) is 0 Å². The van der Waals surface area contributed by atoms with E-state index < -0.39 is 88.4 Å². The molecule has 1 fully saturated rings. The Kier molecular flexibility index (Phi) is 13.4. The summed E-state index contributed by atoms with van der Waals surface area (Å²) in [6.45, 7) is 37.8. The topological polar surface area (TPSA) is 90.9 Å². The molecule has 0 aromatic carbocycles. The Morgan fingerprint density at radius 1 is 0.525 bits per heavy atom. The molecule has 240 valence electrons. The normalized spacial score (nSPS) is 26.3. The molecule has 1 heterocycles. The van der Waals surface area contributed by atoms with Crippen molar-refractivity contribution < 1.29 is 40.0 Å².